The largest absolute Gasteiger partial charge is 0.504 e. The zero-order chi connectivity index (χ0) is 25.8. The van der Waals surface area contributed by atoms with Crippen LogP contribution >= 0.6 is 0 Å². The van der Waals surface area contributed by atoms with Gasteiger partial charge < -0.3 is 24.6 Å². The quantitative estimate of drug-likeness (QED) is 0.451. The average molecular weight is 502 g/mol. The number of aromatic hydroxyl groups is 1. The van der Waals surface area contributed by atoms with Crippen molar-refractivity contribution in [2.75, 3.05) is 0 Å². The lowest BCUT2D eigenvalue weighted by molar-refractivity contribution is -0.160. The van der Waals surface area contributed by atoms with Crippen LogP contribution in [0.3, 0.4) is 0 Å². The lowest BCUT2D eigenvalue weighted by atomic mass is 9.91. The maximum atomic E-state index is 13.9. The molecule has 1 heterocycles. The van der Waals surface area contributed by atoms with Gasteiger partial charge in [0, 0.05) is 18.5 Å². The molecular weight excluding hydrogens is 470 g/mol. The molecule has 1 aliphatic carbocycles. The molecule has 7 heteroatoms. The second kappa shape index (κ2) is 11.0. The number of hydrogen-bond acceptors (Lipinski definition) is 5. The zero-order valence-corrected chi connectivity index (χ0v) is 20.6. The van der Waals surface area contributed by atoms with Gasteiger partial charge in [-0.15, -0.1) is 0 Å². The van der Waals surface area contributed by atoms with Crippen LogP contribution < -0.4 is 4.74 Å². The average Bonchev–Trinajstić information content (AvgIpc) is 3.44. The predicted molar refractivity (Wildman–Crippen MR) is 137 cm³/mol. The Morgan fingerprint density at radius 2 is 1.62 bits per heavy atom. The Balaban J connectivity index is 1.44. The van der Waals surface area contributed by atoms with Crippen molar-refractivity contribution in [2.24, 2.45) is 0 Å². The van der Waals surface area contributed by atoms with E-state index < -0.39 is 18.1 Å². The molecule has 3 aromatic rings. The molecule has 0 aromatic heterocycles. The number of phenols is 1. The highest BCUT2D eigenvalue weighted by Crippen LogP contribution is 2.39. The van der Waals surface area contributed by atoms with Gasteiger partial charge >= 0.3 is 5.97 Å². The summed E-state index contributed by atoms with van der Waals surface area (Å²) in [5.41, 5.74) is 3.00. The van der Waals surface area contributed by atoms with Crippen molar-refractivity contribution in [3.8, 4) is 11.5 Å². The van der Waals surface area contributed by atoms with Crippen molar-refractivity contribution < 1.29 is 29.3 Å². The predicted octanol–water partition coefficient (Wildman–Crippen LogP) is 5.01. The Labute approximate surface area is 216 Å². The van der Waals surface area contributed by atoms with Gasteiger partial charge in [-0.1, -0.05) is 79.6 Å². The molecule has 1 saturated carbocycles. The van der Waals surface area contributed by atoms with E-state index in [2.05, 4.69) is 0 Å². The van der Waals surface area contributed by atoms with E-state index in [0.717, 1.165) is 36.8 Å². The van der Waals surface area contributed by atoms with Crippen LogP contribution in [0.25, 0.3) is 0 Å². The van der Waals surface area contributed by atoms with E-state index in [0.29, 0.717) is 11.1 Å². The molecule has 192 valence electrons. The Hall–Kier alpha value is -3.84. The standard InChI is InChI=1S/C30H31NO6/c32-26-16-15-22-18-31(29(33)27(21-11-5-2-6-12-21)37-23-13-7-8-14-23)25(30(34)35)17-24(22)28(26)36-19-20-9-3-1-4-10-20/h1-6,9-12,15-16,23,25,27,32H,7-8,13-14,17-19H2,(H,34,35)/t25-,27+/m0/s1. The molecule has 5 rings (SSSR count). The van der Waals surface area contributed by atoms with E-state index in [1.165, 1.54) is 11.0 Å². The van der Waals surface area contributed by atoms with Crippen molar-refractivity contribution in [2.45, 2.75) is 63.5 Å². The number of carboxylic acid groups (broad SMARTS) is 1. The summed E-state index contributed by atoms with van der Waals surface area (Å²) in [5.74, 6) is -1.26. The Morgan fingerprint density at radius 3 is 2.30 bits per heavy atom. The van der Waals surface area contributed by atoms with Crippen molar-refractivity contribution in [1.82, 2.24) is 4.90 Å². The van der Waals surface area contributed by atoms with Gasteiger partial charge in [0.1, 0.15) is 12.6 Å². The molecule has 37 heavy (non-hydrogen) atoms. The van der Waals surface area contributed by atoms with Crippen LogP contribution in [-0.2, 0) is 33.9 Å². The Morgan fingerprint density at radius 1 is 0.946 bits per heavy atom. The summed E-state index contributed by atoms with van der Waals surface area (Å²) >= 11 is 0. The molecule has 0 saturated heterocycles. The molecule has 1 fully saturated rings. The smallest absolute Gasteiger partial charge is 0.326 e. The van der Waals surface area contributed by atoms with Gasteiger partial charge in [0.05, 0.1) is 6.10 Å². The number of fused-ring (bicyclic) bond motifs is 1. The number of carbonyl (C=O) groups excluding carboxylic acids is 1. The van der Waals surface area contributed by atoms with Gasteiger partial charge in [-0.25, -0.2) is 4.79 Å². The number of carboxylic acids is 1. The van der Waals surface area contributed by atoms with Gasteiger partial charge in [0.25, 0.3) is 5.91 Å². The van der Waals surface area contributed by atoms with Gasteiger partial charge in [0.2, 0.25) is 0 Å². The third-order valence-electron chi connectivity index (χ3n) is 7.20. The first-order valence-electron chi connectivity index (χ1n) is 12.8. The monoisotopic (exact) mass is 501 g/mol. The number of ether oxygens (including phenoxy) is 2. The maximum Gasteiger partial charge on any atom is 0.326 e. The van der Waals surface area contributed by atoms with Gasteiger partial charge in [0.15, 0.2) is 17.6 Å². The van der Waals surface area contributed by atoms with E-state index in [1.54, 1.807) is 6.07 Å². The summed E-state index contributed by atoms with van der Waals surface area (Å²) in [6, 6.07) is 21.0. The number of amides is 1. The first kappa shape index (κ1) is 24.8. The van der Waals surface area contributed by atoms with Crippen molar-refractivity contribution in [3.63, 3.8) is 0 Å². The third-order valence-corrected chi connectivity index (χ3v) is 7.20. The Kier molecular flexibility index (Phi) is 7.42. The van der Waals surface area contributed by atoms with Crippen molar-refractivity contribution in [1.29, 1.82) is 0 Å². The normalized spacial score (nSPS) is 18.3. The lowest BCUT2D eigenvalue weighted by Gasteiger charge is -2.37. The SMILES string of the molecule is O=C(O)[C@@H]1Cc2c(ccc(O)c2OCc2ccccc2)CN1C(=O)[C@H](OC1CCCC1)c1ccccc1. The topological polar surface area (TPSA) is 96.3 Å². The molecule has 7 nitrogen and oxygen atoms in total. The van der Waals surface area contributed by atoms with E-state index >= 15 is 0 Å². The highest BCUT2D eigenvalue weighted by Gasteiger charge is 2.40. The second-order valence-corrected chi connectivity index (χ2v) is 9.68. The molecule has 3 aromatic carbocycles. The maximum absolute atomic E-state index is 13.9. The van der Waals surface area contributed by atoms with Gasteiger partial charge in [-0.2, -0.15) is 0 Å². The molecule has 2 aliphatic rings. The highest BCUT2D eigenvalue weighted by atomic mass is 16.5. The van der Waals surface area contributed by atoms with Crippen molar-refractivity contribution >= 4 is 11.9 Å². The lowest BCUT2D eigenvalue weighted by Crippen LogP contribution is -2.50. The summed E-state index contributed by atoms with van der Waals surface area (Å²) in [6.07, 6.45) is 3.03. The molecular formula is C30H31NO6. The molecule has 0 bridgehead atoms. The minimum Gasteiger partial charge on any atom is -0.504 e. The summed E-state index contributed by atoms with van der Waals surface area (Å²) < 4.78 is 12.3. The van der Waals surface area contributed by atoms with Crippen molar-refractivity contribution in [3.05, 3.63) is 95.1 Å². The van der Waals surface area contributed by atoms with Crippen LogP contribution in [0.2, 0.25) is 0 Å². The van der Waals surface area contributed by atoms with Crippen LogP contribution in [0.5, 0.6) is 11.5 Å². The van der Waals surface area contributed by atoms with Crippen LogP contribution in [0.15, 0.2) is 72.8 Å². The van der Waals surface area contributed by atoms with Crippen LogP contribution in [-0.4, -0.2) is 39.1 Å². The van der Waals surface area contributed by atoms with E-state index in [1.807, 2.05) is 60.7 Å². The highest BCUT2D eigenvalue weighted by molar-refractivity contribution is 5.88. The second-order valence-electron chi connectivity index (χ2n) is 9.68. The van der Waals surface area contributed by atoms with E-state index in [-0.39, 0.29) is 43.1 Å². The van der Waals surface area contributed by atoms with Crippen LogP contribution in [0.1, 0.15) is 54.0 Å². The summed E-state index contributed by atoms with van der Waals surface area (Å²) in [6.45, 7) is 0.320. The van der Waals surface area contributed by atoms with Crippen LogP contribution in [0.4, 0.5) is 0 Å². The fourth-order valence-corrected chi connectivity index (χ4v) is 5.24. The first-order chi connectivity index (χ1) is 18.0. The fourth-order valence-electron chi connectivity index (χ4n) is 5.24. The van der Waals surface area contributed by atoms with Crippen LogP contribution in [0, 0.1) is 0 Å². The number of hydrogen-bond donors (Lipinski definition) is 2. The molecule has 2 N–H and O–H groups in total. The third kappa shape index (κ3) is 5.47. The van der Waals surface area contributed by atoms with E-state index in [4.69, 9.17) is 9.47 Å². The number of aliphatic carboxylic acids is 1. The summed E-state index contributed by atoms with van der Waals surface area (Å²) in [4.78, 5) is 27.7. The molecule has 1 aliphatic heterocycles. The number of benzene rings is 3. The number of nitrogens with zero attached hydrogens (tertiary/aromatic N) is 1. The van der Waals surface area contributed by atoms with Gasteiger partial charge in [-0.3, -0.25) is 4.79 Å². The minimum atomic E-state index is -1.11. The molecule has 0 unspecified atom stereocenters. The summed E-state index contributed by atoms with van der Waals surface area (Å²) in [5, 5.41) is 20.7. The minimum absolute atomic E-state index is 0.0237. The first-order valence-corrected chi connectivity index (χ1v) is 12.8. The molecule has 0 radical (unpaired) electrons. The summed E-state index contributed by atoms with van der Waals surface area (Å²) in [7, 11) is 0. The van der Waals surface area contributed by atoms with Gasteiger partial charge in [-0.05, 0) is 35.6 Å². The number of carbonyl (C=O) groups is 2. The number of phenolic OH excluding ortho intramolecular Hbond substituents is 1. The fraction of sp³-hybridized carbons (Fsp3) is 0.333. The Bertz CT molecular complexity index is 1240. The molecule has 2 atom stereocenters. The number of rotatable bonds is 8. The molecule has 0 spiro atoms. The zero-order valence-electron chi connectivity index (χ0n) is 20.6. The van der Waals surface area contributed by atoms with E-state index in [9.17, 15) is 19.8 Å². The molecule has 1 amide bonds.